The Morgan fingerprint density at radius 1 is 0.905 bits per heavy atom. The molecule has 0 bridgehead atoms. The predicted molar refractivity (Wildman–Crippen MR) is 88.3 cm³/mol. The molecule has 0 fully saturated rings. The Kier molecular flexibility index (Phi) is 5.45. The molecule has 0 aliphatic carbocycles. The summed E-state index contributed by atoms with van der Waals surface area (Å²) in [6.07, 6.45) is 3.28. The molecule has 112 valence electrons. The van der Waals surface area contributed by atoms with Crippen LogP contribution in [0, 0.1) is 0 Å². The minimum Gasteiger partial charge on any atom is -0.309 e. The molecule has 3 nitrogen and oxygen atoms in total. The van der Waals surface area contributed by atoms with Crippen molar-refractivity contribution < 1.29 is 8.42 Å². The molecule has 0 unspecified atom stereocenters. The van der Waals surface area contributed by atoms with Crippen LogP contribution in [0.1, 0.15) is 11.1 Å². The van der Waals surface area contributed by atoms with Gasteiger partial charge in [-0.15, -0.1) is 11.8 Å². The van der Waals surface area contributed by atoms with Crippen LogP contribution in [0.4, 0.5) is 0 Å². The first-order chi connectivity index (χ1) is 9.99. The van der Waals surface area contributed by atoms with Crippen molar-refractivity contribution in [3.63, 3.8) is 0 Å². The highest BCUT2D eigenvalue weighted by Crippen LogP contribution is 2.15. The Bertz CT molecular complexity index is 677. The molecular weight excluding hydrogens is 302 g/mol. The van der Waals surface area contributed by atoms with Gasteiger partial charge in [-0.3, -0.25) is 0 Å². The van der Waals surface area contributed by atoms with Crippen molar-refractivity contribution in [2.45, 2.75) is 22.9 Å². The largest absolute Gasteiger partial charge is 0.309 e. The number of sulfone groups is 1. The van der Waals surface area contributed by atoms with Crippen LogP contribution < -0.4 is 5.32 Å². The maximum absolute atomic E-state index is 11.4. The fraction of sp³-hybridized carbons (Fsp3) is 0.250. The number of nitrogens with one attached hydrogen (secondary N) is 1. The normalized spacial score (nSPS) is 11.5. The minimum absolute atomic E-state index is 0.360. The van der Waals surface area contributed by atoms with Crippen LogP contribution in [0.5, 0.6) is 0 Å². The standard InChI is InChI=1S/C16H19NO2S2/c1-20-15-7-3-13(4-8-15)11-17-12-14-5-9-16(10-6-14)21(2,18)19/h3-10,17H,11-12H2,1-2H3. The van der Waals surface area contributed by atoms with E-state index in [0.29, 0.717) is 11.4 Å². The van der Waals surface area contributed by atoms with Gasteiger partial charge in [0.25, 0.3) is 0 Å². The van der Waals surface area contributed by atoms with E-state index in [1.807, 2.05) is 12.1 Å². The van der Waals surface area contributed by atoms with Gasteiger partial charge in [0.05, 0.1) is 4.90 Å². The molecule has 1 N–H and O–H groups in total. The summed E-state index contributed by atoms with van der Waals surface area (Å²) in [6, 6.07) is 15.5. The highest BCUT2D eigenvalue weighted by Gasteiger charge is 2.05. The molecule has 21 heavy (non-hydrogen) atoms. The summed E-state index contributed by atoms with van der Waals surface area (Å²) in [7, 11) is -3.11. The monoisotopic (exact) mass is 321 g/mol. The van der Waals surface area contributed by atoms with Gasteiger partial charge in [-0.25, -0.2) is 8.42 Å². The van der Waals surface area contributed by atoms with Crippen molar-refractivity contribution in [2.75, 3.05) is 12.5 Å². The first-order valence-electron chi connectivity index (χ1n) is 6.62. The molecule has 0 radical (unpaired) electrons. The van der Waals surface area contributed by atoms with Crippen molar-refractivity contribution in [3.8, 4) is 0 Å². The topological polar surface area (TPSA) is 46.2 Å². The molecule has 0 amide bonds. The molecule has 2 aromatic rings. The van der Waals surface area contributed by atoms with Gasteiger partial charge in [-0.2, -0.15) is 0 Å². The second kappa shape index (κ2) is 7.11. The highest BCUT2D eigenvalue weighted by atomic mass is 32.2. The molecule has 0 atom stereocenters. The smallest absolute Gasteiger partial charge is 0.175 e. The average molecular weight is 321 g/mol. The zero-order valence-corrected chi connectivity index (χ0v) is 13.8. The van der Waals surface area contributed by atoms with E-state index in [4.69, 9.17) is 0 Å². The molecule has 0 spiro atoms. The van der Waals surface area contributed by atoms with E-state index in [1.54, 1.807) is 23.9 Å². The van der Waals surface area contributed by atoms with Crippen LogP contribution in [-0.2, 0) is 22.9 Å². The molecule has 0 saturated carbocycles. The van der Waals surface area contributed by atoms with Crippen molar-refractivity contribution in [3.05, 3.63) is 59.7 Å². The van der Waals surface area contributed by atoms with Crippen molar-refractivity contribution >= 4 is 21.6 Å². The number of hydrogen-bond donors (Lipinski definition) is 1. The summed E-state index contributed by atoms with van der Waals surface area (Å²) in [6.45, 7) is 1.51. The van der Waals surface area contributed by atoms with Gasteiger partial charge in [0.15, 0.2) is 9.84 Å². The molecular formula is C16H19NO2S2. The van der Waals surface area contributed by atoms with Crippen molar-refractivity contribution in [1.82, 2.24) is 5.32 Å². The fourth-order valence-electron chi connectivity index (χ4n) is 1.95. The van der Waals surface area contributed by atoms with E-state index < -0.39 is 9.84 Å². The summed E-state index contributed by atoms with van der Waals surface area (Å²) in [5.74, 6) is 0. The summed E-state index contributed by atoms with van der Waals surface area (Å²) >= 11 is 1.73. The van der Waals surface area contributed by atoms with Crippen LogP contribution in [0.15, 0.2) is 58.3 Å². The Hall–Kier alpha value is -1.30. The first-order valence-corrected chi connectivity index (χ1v) is 9.73. The van der Waals surface area contributed by atoms with Gasteiger partial charge in [0.1, 0.15) is 0 Å². The lowest BCUT2D eigenvalue weighted by atomic mass is 10.2. The lowest BCUT2D eigenvalue weighted by molar-refractivity contribution is 0.602. The Morgan fingerprint density at radius 3 is 1.81 bits per heavy atom. The van der Waals surface area contributed by atoms with E-state index in [2.05, 4.69) is 35.8 Å². The lowest BCUT2D eigenvalue weighted by Crippen LogP contribution is -2.12. The summed E-state index contributed by atoms with van der Waals surface area (Å²) in [5.41, 5.74) is 2.31. The van der Waals surface area contributed by atoms with E-state index in [9.17, 15) is 8.42 Å². The summed E-state index contributed by atoms with van der Waals surface area (Å²) in [5, 5.41) is 3.36. The van der Waals surface area contributed by atoms with E-state index >= 15 is 0 Å². The molecule has 0 saturated heterocycles. The molecule has 2 rings (SSSR count). The number of benzene rings is 2. The lowest BCUT2D eigenvalue weighted by Gasteiger charge is -2.06. The van der Waals surface area contributed by atoms with Gasteiger partial charge >= 0.3 is 0 Å². The third-order valence-corrected chi connectivity index (χ3v) is 5.04. The number of hydrogen-bond acceptors (Lipinski definition) is 4. The van der Waals surface area contributed by atoms with Crippen LogP contribution in [-0.4, -0.2) is 20.9 Å². The second-order valence-corrected chi connectivity index (χ2v) is 7.76. The van der Waals surface area contributed by atoms with Gasteiger partial charge in [0.2, 0.25) is 0 Å². The molecule has 0 aliphatic rings. The van der Waals surface area contributed by atoms with Crippen LogP contribution in [0.25, 0.3) is 0 Å². The zero-order chi connectivity index (χ0) is 15.3. The molecule has 5 heteroatoms. The van der Waals surface area contributed by atoms with E-state index in [-0.39, 0.29) is 0 Å². The average Bonchev–Trinajstić information content (AvgIpc) is 2.47. The minimum atomic E-state index is -3.11. The highest BCUT2D eigenvalue weighted by molar-refractivity contribution is 7.98. The summed E-state index contributed by atoms with van der Waals surface area (Å²) < 4.78 is 22.8. The second-order valence-electron chi connectivity index (χ2n) is 4.87. The maximum Gasteiger partial charge on any atom is 0.175 e. The first kappa shape index (κ1) is 16.1. The third-order valence-electron chi connectivity index (χ3n) is 3.17. The molecule has 2 aromatic carbocycles. The molecule has 0 aromatic heterocycles. The van der Waals surface area contributed by atoms with Crippen molar-refractivity contribution in [2.24, 2.45) is 0 Å². The van der Waals surface area contributed by atoms with Gasteiger partial charge < -0.3 is 5.32 Å². The van der Waals surface area contributed by atoms with Gasteiger partial charge in [-0.05, 0) is 41.6 Å². The predicted octanol–water partition coefficient (Wildman–Crippen LogP) is 3.10. The molecule has 0 aliphatic heterocycles. The summed E-state index contributed by atoms with van der Waals surface area (Å²) in [4.78, 5) is 1.62. The maximum atomic E-state index is 11.4. The Balaban J connectivity index is 1.88. The number of rotatable bonds is 6. The molecule has 0 heterocycles. The van der Waals surface area contributed by atoms with E-state index in [0.717, 1.165) is 12.1 Å². The van der Waals surface area contributed by atoms with Crippen LogP contribution in [0.2, 0.25) is 0 Å². The van der Waals surface area contributed by atoms with Crippen molar-refractivity contribution in [1.29, 1.82) is 0 Å². The quantitative estimate of drug-likeness (QED) is 0.831. The van der Waals surface area contributed by atoms with Crippen LogP contribution in [0.3, 0.4) is 0 Å². The van der Waals surface area contributed by atoms with E-state index in [1.165, 1.54) is 16.7 Å². The SMILES string of the molecule is CSc1ccc(CNCc2ccc(S(C)(=O)=O)cc2)cc1. The zero-order valence-electron chi connectivity index (χ0n) is 12.2. The third kappa shape index (κ3) is 4.88. The van der Waals surface area contributed by atoms with Crippen LogP contribution >= 0.6 is 11.8 Å². The Labute approximate surface area is 130 Å². The Morgan fingerprint density at radius 2 is 1.38 bits per heavy atom. The fourth-order valence-corrected chi connectivity index (χ4v) is 2.99. The number of thioether (sulfide) groups is 1. The van der Waals surface area contributed by atoms with Gasteiger partial charge in [0, 0.05) is 24.2 Å². The van der Waals surface area contributed by atoms with Gasteiger partial charge in [-0.1, -0.05) is 24.3 Å².